The number of methoxy groups -OCH3 is 1. The second-order valence-corrected chi connectivity index (χ2v) is 7.53. The number of allylic oxidation sites excluding steroid dienone is 1. The second-order valence-electron chi connectivity index (χ2n) is 6.30. The van der Waals surface area contributed by atoms with Gasteiger partial charge in [0.2, 0.25) is 0 Å². The summed E-state index contributed by atoms with van der Waals surface area (Å²) in [7, 11) is 1.56. The van der Waals surface area contributed by atoms with Crippen molar-refractivity contribution in [2.24, 2.45) is 0 Å². The number of carbonyl (C=O) groups is 1. The summed E-state index contributed by atoms with van der Waals surface area (Å²) in [5.74, 6) is 0.844. The van der Waals surface area contributed by atoms with Gasteiger partial charge in [0.25, 0.3) is 0 Å². The highest BCUT2D eigenvalue weighted by Crippen LogP contribution is 2.34. The van der Waals surface area contributed by atoms with Crippen molar-refractivity contribution in [2.75, 3.05) is 7.11 Å². The Hall–Kier alpha value is -2.66. The van der Waals surface area contributed by atoms with Crippen molar-refractivity contribution in [3.63, 3.8) is 0 Å². The van der Waals surface area contributed by atoms with E-state index in [0.29, 0.717) is 32.1 Å². The minimum atomic E-state index is -0.220. The molecule has 1 N–H and O–H groups in total. The van der Waals surface area contributed by atoms with E-state index >= 15 is 0 Å². The molecule has 3 aromatic rings. The molecule has 3 aromatic carbocycles. The summed E-state index contributed by atoms with van der Waals surface area (Å²) in [6.45, 7) is 0.170. The summed E-state index contributed by atoms with van der Waals surface area (Å²) in [4.78, 5) is 12.3. The van der Waals surface area contributed by atoms with Crippen molar-refractivity contribution < 1.29 is 19.4 Å². The molecular formula is C23H17Cl3O4. The third-order valence-electron chi connectivity index (χ3n) is 4.22. The molecule has 0 saturated heterocycles. The first-order valence-electron chi connectivity index (χ1n) is 8.83. The zero-order valence-electron chi connectivity index (χ0n) is 15.9. The maximum atomic E-state index is 12.3. The third kappa shape index (κ3) is 5.48. The Morgan fingerprint density at radius 1 is 0.967 bits per heavy atom. The van der Waals surface area contributed by atoms with E-state index in [0.717, 1.165) is 11.1 Å². The molecule has 30 heavy (non-hydrogen) atoms. The van der Waals surface area contributed by atoms with E-state index in [1.165, 1.54) is 24.3 Å². The van der Waals surface area contributed by atoms with Crippen molar-refractivity contribution in [1.82, 2.24) is 0 Å². The van der Waals surface area contributed by atoms with Crippen LogP contribution in [0.4, 0.5) is 0 Å². The Morgan fingerprint density at radius 3 is 2.47 bits per heavy atom. The van der Waals surface area contributed by atoms with Gasteiger partial charge in [-0.05, 0) is 42.0 Å². The van der Waals surface area contributed by atoms with Crippen LogP contribution < -0.4 is 9.47 Å². The smallest absolute Gasteiger partial charge is 0.185 e. The molecule has 0 saturated carbocycles. The van der Waals surface area contributed by atoms with Crippen molar-refractivity contribution in [3.8, 4) is 17.2 Å². The minimum absolute atomic E-state index is 0.0408. The summed E-state index contributed by atoms with van der Waals surface area (Å²) < 4.78 is 11.2. The summed E-state index contributed by atoms with van der Waals surface area (Å²) in [6.07, 6.45) is 3.12. The number of ether oxygens (including phenoxy) is 2. The number of aromatic hydroxyl groups is 1. The summed E-state index contributed by atoms with van der Waals surface area (Å²) in [5, 5.41) is 10.5. The van der Waals surface area contributed by atoms with Gasteiger partial charge < -0.3 is 14.6 Å². The fourth-order valence-electron chi connectivity index (χ4n) is 2.71. The number of rotatable bonds is 7. The van der Waals surface area contributed by atoms with Gasteiger partial charge in [0.15, 0.2) is 5.78 Å². The van der Waals surface area contributed by atoms with E-state index < -0.39 is 0 Å². The summed E-state index contributed by atoms with van der Waals surface area (Å²) in [6, 6.07) is 14.7. The number of halogens is 3. The fraction of sp³-hybridized carbons (Fsp3) is 0.0870. The van der Waals surface area contributed by atoms with Crippen LogP contribution in [0.5, 0.6) is 17.2 Å². The van der Waals surface area contributed by atoms with Crippen LogP contribution in [0.1, 0.15) is 21.5 Å². The molecule has 0 atom stereocenters. The lowest BCUT2D eigenvalue weighted by atomic mass is 10.1. The largest absolute Gasteiger partial charge is 0.508 e. The number of benzene rings is 3. The van der Waals surface area contributed by atoms with Crippen LogP contribution in [0.3, 0.4) is 0 Å². The van der Waals surface area contributed by atoms with Gasteiger partial charge in [-0.3, -0.25) is 4.79 Å². The topological polar surface area (TPSA) is 55.8 Å². The maximum absolute atomic E-state index is 12.3. The zero-order valence-corrected chi connectivity index (χ0v) is 18.1. The quantitative estimate of drug-likeness (QED) is 0.237. The standard InChI is InChI=1S/C23H17Cl3O4/c1-29-22-8-6-14(5-7-21(28)15-3-2-4-17(27)10-15)9-16(22)13-30-23-12-19(25)18(24)11-20(23)26/h2-12,27H,13H2,1H3/b7-5+. The Balaban J connectivity index is 1.78. The lowest BCUT2D eigenvalue weighted by Crippen LogP contribution is -2.00. The lowest BCUT2D eigenvalue weighted by molar-refractivity contribution is 0.104. The highest BCUT2D eigenvalue weighted by Gasteiger charge is 2.10. The molecule has 0 amide bonds. The Morgan fingerprint density at radius 2 is 1.73 bits per heavy atom. The molecule has 0 spiro atoms. The molecular weight excluding hydrogens is 447 g/mol. The molecule has 7 heteroatoms. The van der Waals surface area contributed by atoms with Gasteiger partial charge in [0.1, 0.15) is 23.9 Å². The highest BCUT2D eigenvalue weighted by molar-refractivity contribution is 6.43. The molecule has 0 fully saturated rings. The van der Waals surface area contributed by atoms with E-state index in [-0.39, 0.29) is 18.1 Å². The van der Waals surface area contributed by atoms with E-state index in [1.54, 1.807) is 37.5 Å². The van der Waals surface area contributed by atoms with Crippen LogP contribution in [-0.4, -0.2) is 18.0 Å². The van der Waals surface area contributed by atoms with E-state index in [4.69, 9.17) is 44.3 Å². The molecule has 0 heterocycles. The third-order valence-corrected chi connectivity index (χ3v) is 5.24. The molecule has 0 unspecified atom stereocenters. The van der Waals surface area contributed by atoms with Crippen LogP contribution in [0.15, 0.2) is 60.7 Å². The summed E-state index contributed by atoms with van der Waals surface area (Å²) in [5.41, 5.74) is 1.94. The Kier molecular flexibility index (Phi) is 7.27. The van der Waals surface area contributed by atoms with Crippen molar-refractivity contribution in [1.29, 1.82) is 0 Å². The first-order valence-corrected chi connectivity index (χ1v) is 9.96. The average Bonchev–Trinajstić information content (AvgIpc) is 2.73. The van der Waals surface area contributed by atoms with E-state index in [9.17, 15) is 9.90 Å². The van der Waals surface area contributed by atoms with Gasteiger partial charge >= 0.3 is 0 Å². The van der Waals surface area contributed by atoms with Gasteiger partial charge in [-0.15, -0.1) is 0 Å². The molecule has 154 valence electrons. The van der Waals surface area contributed by atoms with Gasteiger partial charge in [-0.1, -0.05) is 59.1 Å². The first kappa shape index (κ1) is 22.0. The number of phenols is 1. The van der Waals surface area contributed by atoms with E-state index in [2.05, 4.69) is 0 Å². The number of hydrogen-bond acceptors (Lipinski definition) is 4. The van der Waals surface area contributed by atoms with Crippen molar-refractivity contribution in [2.45, 2.75) is 6.61 Å². The van der Waals surface area contributed by atoms with Crippen LogP contribution in [0.2, 0.25) is 15.1 Å². The first-order chi connectivity index (χ1) is 14.4. The van der Waals surface area contributed by atoms with E-state index in [1.807, 2.05) is 12.1 Å². The normalized spacial score (nSPS) is 10.9. The lowest BCUT2D eigenvalue weighted by Gasteiger charge is -2.13. The van der Waals surface area contributed by atoms with Gasteiger partial charge in [-0.2, -0.15) is 0 Å². The highest BCUT2D eigenvalue weighted by atomic mass is 35.5. The van der Waals surface area contributed by atoms with Crippen molar-refractivity contribution in [3.05, 3.63) is 92.4 Å². The second kappa shape index (κ2) is 9.90. The molecule has 4 nitrogen and oxygen atoms in total. The molecule has 0 aliphatic carbocycles. The predicted molar refractivity (Wildman–Crippen MR) is 120 cm³/mol. The van der Waals surface area contributed by atoms with Crippen LogP contribution >= 0.6 is 34.8 Å². The molecule has 0 bridgehead atoms. The molecule has 3 rings (SSSR count). The fourth-order valence-corrected chi connectivity index (χ4v) is 3.30. The Bertz CT molecular complexity index is 1110. The molecule has 0 aliphatic heterocycles. The number of carbonyl (C=O) groups excluding carboxylic acids is 1. The van der Waals surface area contributed by atoms with Crippen LogP contribution in [0, 0.1) is 0 Å². The molecule has 0 aliphatic rings. The maximum Gasteiger partial charge on any atom is 0.185 e. The van der Waals surface area contributed by atoms with Gasteiger partial charge in [0.05, 0.1) is 22.2 Å². The predicted octanol–water partition coefficient (Wildman–Crippen LogP) is 6.84. The monoisotopic (exact) mass is 462 g/mol. The van der Waals surface area contributed by atoms with Crippen molar-refractivity contribution >= 4 is 46.7 Å². The van der Waals surface area contributed by atoms with Crippen LogP contribution in [-0.2, 0) is 6.61 Å². The van der Waals surface area contributed by atoms with Gasteiger partial charge in [-0.25, -0.2) is 0 Å². The molecule has 0 aromatic heterocycles. The summed E-state index contributed by atoms with van der Waals surface area (Å²) >= 11 is 18.1. The SMILES string of the molecule is COc1ccc(/C=C/C(=O)c2cccc(O)c2)cc1COc1cc(Cl)c(Cl)cc1Cl. The zero-order chi connectivity index (χ0) is 21.7. The van der Waals surface area contributed by atoms with Crippen LogP contribution in [0.25, 0.3) is 6.08 Å². The molecule has 0 radical (unpaired) electrons. The number of hydrogen-bond donors (Lipinski definition) is 1. The minimum Gasteiger partial charge on any atom is -0.508 e. The van der Waals surface area contributed by atoms with Gasteiger partial charge in [0, 0.05) is 17.2 Å². The Labute approximate surface area is 189 Å². The number of phenolic OH excluding ortho intramolecular Hbond substituents is 1. The average molecular weight is 464 g/mol. The number of ketones is 1.